The highest BCUT2D eigenvalue weighted by atomic mass is 16.3. The second-order valence-electron chi connectivity index (χ2n) is 5.45. The maximum Gasteiger partial charge on any atom is 0.163 e. The Bertz CT molecular complexity index is 1010. The monoisotopic (exact) mass is 330 g/mol. The maximum absolute atomic E-state index is 10.7. The summed E-state index contributed by atoms with van der Waals surface area (Å²) >= 11 is 0. The highest BCUT2D eigenvalue weighted by Crippen LogP contribution is 2.25. The van der Waals surface area contributed by atoms with Gasteiger partial charge in [0.25, 0.3) is 0 Å². The molecule has 25 heavy (non-hydrogen) atoms. The average Bonchev–Trinajstić information content (AvgIpc) is 3.07. The van der Waals surface area contributed by atoms with Crippen molar-refractivity contribution in [2.75, 3.05) is 5.32 Å². The zero-order valence-electron chi connectivity index (χ0n) is 13.2. The molecule has 0 atom stereocenters. The van der Waals surface area contributed by atoms with Gasteiger partial charge in [-0.25, -0.2) is 4.98 Å². The van der Waals surface area contributed by atoms with Crippen LogP contribution in [0, 0.1) is 4.91 Å². The zero-order valence-corrected chi connectivity index (χ0v) is 13.2. The van der Waals surface area contributed by atoms with Crippen LogP contribution in [0.5, 0.6) is 0 Å². The number of aromatic nitrogens is 4. The second-order valence-corrected chi connectivity index (χ2v) is 5.45. The van der Waals surface area contributed by atoms with Crippen molar-refractivity contribution in [2.24, 2.45) is 5.18 Å². The van der Waals surface area contributed by atoms with Gasteiger partial charge in [-0.3, -0.25) is 4.98 Å². The summed E-state index contributed by atoms with van der Waals surface area (Å²) in [6.45, 7) is 0.0288. The Balaban J connectivity index is 1.89. The number of fused-ring (bicyclic) bond motifs is 1. The molecule has 0 aliphatic rings. The van der Waals surface area contributed by atoms with Crippen molar-refractivity contribution in [2.45, 2.75) is 6.54 Å². The van der Waals surface area contributed by atoms with Gasteiger partial charge in [-0.05, 0) is 12.1 Å². The van der Waals surface area contributed by atoms with Crippen LogP contribution in [0.25, 0.3) is 16.9 Å². The summed E-state index contributed by atoms with van der Waals surface area (Å²) in [6.07, 6.45) is 5.06. The summed E-state index contributed by atoms with van der Waals surface area (Å²) in [6, 6.07) is 15.5. The molecule has 0 aliphatic heterocycles. The minimum Gasteiger partial charge on any atom is -0.339 e. The molecule has 3 heterocycles. The number of nitrogens with one attached hydrogen (secondary N) is 1. The van der Waals surface area contributed by atoms with E-state index in [9.17, 15) is 4.91 Å². The van der Waals surface area contributed by atoms with Crippen LogP contribution in [-0.2, 0) is 6.54 Å². The lowest BCUT2D eigenvalue weighted by atomic mass is 10.1. The van der Waals surface area contributed by atoms with Crippen LogP contribution >= 0.6 is 0 Å². The molecule has 122 valence electrons. The van der Waals surface area contributed by atoms with Gasteiger partial charge in [0.15, 0.2) is 5.65 Å². The molecule has 1 aromatic carbocycles. The molecule has 0 aliphatic carbocycles. The third-order valence-electron chi connectivity index (χ3n) is 3.78. The first kappa shape index (κ1) is 14.9. The van der Waals surface area contributed by atoms with Crippen LogP contribution in [0.15, 0.2) is 72.3 Å². The summed E-state index contributed by atoms with van der Waals surface area (Å²) in [5, 5.41) is 10.6. The molecular formula is C18H14N6O. The summed E-state index contributed by atoms with van der Waals surface area (Å²) in [4.78, 5) is 19.5. The van der Waals surface area contributed by atoms with Gasteiger partial charge < -0.3 is 5.32 Å². The van der Waals surface area contributed by atoms with E-state index in [1.54, 1.807) is 23.1 Å². The molecule has 0 spiro atoms. The van der Waals surface area contributed by atoms with Crippen molar-refractivity contribution in [3.05, 3.63) is 77.6 Å². The quantitative estimate of drug-likeness (QED) is 0.563. The van der Waals surface area contributed by atoms with E-state index in [1.165, 1.54) is 0 Å². The average molecular weight is 330 g/mol. The second kappa shape index (κ2) is 6.48. The molecular weight excluding hydrogens is 316 g/mol. The fourth-order valence-corrected chi connectivity index (χ4v) is 2.62. The predicted octanol–water partition coefficient (Wildman–Crippen LogP) is 3.80. The van der Waals surface area contributed by atoms with Crippen LogP contribution in [0.1, 0.15) is 5.56 Å². The van der Waals surface area contributed by atoms with Gasteiger partial charge in [0.05, 0.1) is 23.8 Å². The van der Waals surface area contributed by atoms with E-state index in [4.69, 9.17) is 0 Å². The van der Waals surface area contributed by atoms with E-state index in [1.807, 2.05) is 48.5 Å². The number of rotatable bonds is 5. The molecule has 0 fully saturated rings. The normalized spacial score (nSPS) is 10.7. The lowest BCUT2D eigenvalue weighted by molar-refractivity contribution is 0.948. The van der Waals surface area contributed by atoms with Crippen molar-refractivity contribution in [1.82, 2.24) is 19.6 Å². The van der Waals surface area contributed by atoms with Gasteiger partial charge in [0.1, 0.15) is 12.4 Å². The molecule has 0 amide bonds. The third-order valence-corrected chi connectivity index (χ3v) is 3.78. The molecule has 0 unspecified atom stereocenters. The van der Waals surface area contributed by atoms with Crippen molar-refractivity contribution in [3.8, 4) is 11.3 Å². The first-order chi connectivity index (χ1) is 12.3. The van der Waals surface area contributed by atoms with Gasteiger partial charge in [-0.1, -0.05) is 35.5 Å². The van der Waals surface area contributed by atoms with Gasteiger partial charge in [-0.15, -0.1) is 0 Å². The Hall–Kier alpha value is -3.61. The van der Waals surface area contributed by atoms with E-state index < -0.39 is 0 Å². The number of nitroso groups, excluding NO2 is 1. The van der Waals surface area contributed by atoms with Crippen molar-refractivity contribution >= 4 is 17.2 Å². The minimum atomic E-state index is 0.0288. The molecule has 0 bridgehead atoms. The van der Waals surface area contributed by atoms with Gasteiger partial charge in [0, 0.05) is 23.4 Å². The Morgan fingerprint density at radius 2 is 1.96 bits per heavy atom. The Morgan fingerprint density at radius 1 is 1.08 bits per heavy atom. The third kappa shape index (κ3) is 2.94. The van der Waals surface area contributed by atoms with Gasteiger partial charge in [-0.2, -0.15) is 14.5 Å². The molecule has 7 heteroatoms. The molecule has 0 saturated carbocycles. The maximum atomic E-state index is 10.7. The number of hydrogen-bond donors (Lipinski definition) is 1. The van der Waals surface area contributed by atoms with E-state index >= 15 is 0 Å². The van der Waals surface area contributed by atoms with Crippen LogP contribution in [0.2, 0.25) is 0 Å². The van der Waals surface area contributed by atoms with Crippen LogP contribution in [-0.4, -0.2) is 19.6 Å². The standard InChI is InChI=1S/C18H14N6O/c25-21-11-14-10-20-24-17(22-15-7-4-8-19-12-15)9-16(23-18(14)24)13-5-2-1-3-6-13/h1-10,12,22H,11H2. The summed E-state index contributed by atoms with van der Waals surface area (Å²) in [7, 11) is 0. The zero-order chi connectivity index (χ0) is 17.1. The number of anilines is 2. The van der Waals surface area contributed by atoms with Crippen molar-refractivity contribution < 1.29 is 0 Å². The largest absolute Gasteiger partial charge is 0.339 e. The van der Waals surface area contributed by atoms with Crippen LogP contribution in [0.4, 0.5) is 11.5 Å². The number of pyridine rings is 1. The van der Waals surface area contributed by atoms with E-state index in [2.05, 4.69) is 25.6 Å². The predicted molar refractivity (Wildman–Crippen MR) is 95.4 cm³/mol. The Morgan fingerprint density at radius 3 is 2.72 bits per heavy atom. The van der Waals surface area contributed by atoms with E-state index in [0.29, 0.717) is 11.2 Å². The van der Waals surface area contributed by atoms with Crippen LogP contribution < -0.4 is 5.32 Å². The van der Waals surface area contributed by atoms with Gasteiger partial charge in [0.2, 0.25) is 0 Å². The lowest BCUT2D eigenvalue weighted by Crippen LogP contribution is -2.03. The highest BCUT2D eigenvalue weighted by molar-refractivity contribution is 5.70. The first-order valence-electron chi connectivity index (χ1n) is 7.74. The fraction of sp³-hybridized carbons (Fsp3) is 0.0556. The minimum absolute atomic E-state index is 0.0288. The highest BCUT2D eigenvalue weighted by Gasteiger charge is 2.13. The summed E-state index contributed by atoms with van der Waals surface area (Å²) in [5.41, 5.74) is 3.88. The molecule has 4 rings (SSSR count). The van der Waals surface area contributed by atoms with E-state index in [0.717, 1.165) is 22.8 Å². The van der Waals surface area contributed by atoms with Crippen molar-refractivity contribution in [3.63, 3.8) is 0 Å². The summed E-state index contributed by atoms with van der Waals surface area (Å²) < 4.78 is 1.67. The Kier molecular flexibility index (Phi) is 3.88. The van der Waals surface area contributed by atoms with Crippen molar-refractivity contribution in [1.29, 1.82) is 0 Å². The van der Waals surface area contributed by atoms with E-state index in [-0.39, 0.29) is 6.54 Å². The SMILES string of the molecule is O=NCc1cnn2c(Nc3cccnc3)cc(-c3ccccc3)nc12. The number of nitrogens with zero attached hydrogens (tertiary/aromatic N) is 5. The van der Waals surface area contributed by atoms with Crippen LogP contribution in [0.3, 0.4) is 0 Å². The smallest absolute Gasteiger partial charge is 0.163 e. The molecule has 3 aromatic heterocycles. The van der Waals surface area contributed by atoms with Gasteiger partial charge >= 0.3 is 0 Å². The molecule has 1 N–H and O–H groups in total. The lowest BCUT2D eigenvalue weighted by Gasteiger charge is -2.11. The molecule has 0 radical (unpaired) electrons. The number of benzene rings is 1. The fourth-order valence-electron chi connectivity index (χ4n) is 2.62. The topological polar surface area (TPSA) is 84.5 Å². The number of hydrogen-bond acceptors (Lipinski definition) is 6. The summed E-state index contributed by atoms with van der Waals surface area (Å²) in [5.74, 6) is 0.731. The first-order valence-corrected chi connectivity index (χ1v) is 7.74. The molecule has 7 nitrogen and oxygen atoms in total. The molecule has 0 saturated heterocycles. The molecule has 4 aromatic rings. The Labute approximate surface area is 143 Å².